The van der Waals surface area contributed by atoms with Gasteiger partial charge in [-0.25, -0.2) is 4.98 Å². The van der Waals surface area contributed by atoms with Crippen LogP contribution in [-0.4, -0.2) is 40.1 Å². The van der Waals surface area contributed by atoms with Crippen LogP contribution in [0.1, 0.15) is 42.2 Å². The second kappa shape index (κ2) is 6.02. The fourth-order valence-corrected chi connectivity index (χ4v) is 2.58. The number of hydrogen-bond donors (Lipinski definition) is 2. The van der Waals surface area contributed by atoms with Crippen molar-refractivity contribution in [1.29, 1.82) is 0 Å². The molecule has 0 spiro atoms. The first-order valence-corrected chi connectivity index (χ1v) is 6.84. The average molecular weight is 263 g/mol. The Labute approximate surface area is 113 Å². The van der Waals surface area contributed by atoms with Gasteiger partial charge in [0.15, 0.2) is 0 Å². The molecule has 0 aromatic carbocycles. The van der Waals surface area contributed by atoms with Gasteiger partial charge in [0.05, 0.1) is 12.6 Å². The molecule has 3 N–H and O–H groups in total. The number of pyridine rings is 1. The molecule has 1 amide bonds. The third-order valence-electron chi connectivity index (χ3n) is 3.50. The lowest BCUT2D eigenvalue weighted by molar-refractivity contribution is 0.0677. The highest BCUT2D eigenvalue weighted by Crippen LogP contribution is 2.21. The molecule has 1 saturated heterocycles. The number of hydrogen-bond acceptors (Lipinski definition) is 4. The van der Waals surface area contributed by atoms with Crippen LogP contribution in [0, 0.1) is 0 Å². The first kappa shape index (κ1) is 13.8. The minimum absolute atomic E-state index is 0.0219. The fraction of sp³-hybridized carbons (Fsp3) is 0.571. The largest absolute Gasteiger partial charge is 0.394 e. The van der Waals surface area contributed by atoms with Crippen LogP contribution in [0.2, 0.25) is 0 Å². The number of aromatic nitrogens is 1. The SMILES string of the molecule is CCCc1cc(C(=O)N2CCCC2CO)cc(N)n1. The molecule has 19 heavy (non-hydrogen) atoms. The van der Waals surface area contributed by atoms with Crippen molar-refractivity contribution in [2.75, 3.05) is 18.9 Å². The Hall–Kier alpha value is -1.62. The van der Waals surface area contributed by atoms with Gasteiger partial charge in [-0.2, -0.15) is 0 Å². The molecule has 1 unspecified atom stereocenters. The Morgan fingerprint density at radius 3 is 3.05 bits per heavy atom. The van der Waals surface area contributed by atoms with Crippen molar-refractivity contribution in [3.8, 4) is 0 Å². The van der Waals surface area contributed by atoms with Gasteiger partial charge in [0.25, 0.3) is 5.91 Å². The zero-order chi connectivity index (χ0) is 13.8. The van der Waals surface area contributed by atoms with E-state index >= 15 is 0 Å². The molecule has 5 heteroatoms. The molecule has 0 aliphatic carbocycles. The van der Waals surface area contributed by atoms with Crippen LogP contribution in [0.3, 0.4) is 0 Å². The Bertz CT molecular complexity index is 462. The van der Waals surface area contributed by atoms with E-state index in [1.54, 1.807) is 11.0 Å². The lowest BCUT2D eigenvalue weighted by Gasteiger charge is -2.23. The van der Waals surface area contributed by atoms with Gasteiger partial charge in [-0.3, -0.25) is 4.79 Å². The topological polar surface area (TPSA) is 79.5 Å². The summed E-state index contributed by atoms with van der Waals surface area (Å²) in [5.41, 5.74) is 7.19. The lowest BCUT2D eigenvalue weighted by Crippen LogP contribution is -2.37. The summed E-state index contributed by atoms with van der Waals surface area (Å²) in [6, 6.07) is 3.37. The molecular formula is C14H21N3O2. The first-order valence-electron chi connectivity index (χ1n) is 6.84. The van der Waals surface area contributed by atoms with Crippen molar-refractivity contribution in [3.63, 3.8) is 0 Å². The summed E-state index contributed by atoms with van der Waals surface area (Å²) in [7, 11) is 0. The van der Waals surface area contributed by atoms with Crippen molar-refractivity contribution < 1.29 is 9.90 Å². The number of carbonyl (C=O) groups is 1. The molecular weight excluding hydrogens is 242 g/mol. The number of anilines is 1. The highest BCUT2D eigenvalue weighted by atomic mass is 16.3. The maximum atomic E-state index is 12.5. The monoisotopic (exact) mass is 263 g/mol. The molecule has 1 aliphatic rings. The lowest BCUT2D eigenvalue weighted by atomic mass is 10.1. The predicted octanol–water partition coefficient (Wildman–Crippen LogP) is 1.21. The minimum atomic E-state index is -0.0588. The number of nitrogen functional groups attached to an aromatic ring is 1. The molecule has 1 aromatic rings. The molecule has 0 bridgehead atoms. The summed E-state index contributed by atoms with van der Waals surface area (Å²) < 4.78 is 0. The van der Waals surface area contributed by atoms with E-state index in [1.165, 1.54) is 0 Å². The summed E-state index contributed by atoms with van der Waals surface area (Å²) in [5.74, 6) is 0.331. The van der Waals surface area contributed by atoms with Gasteiger partial charge in [-0.05, 0) is 31.4 Å². The van der Waals surface area contributed by atoms with E-state index in [-0.39, 0.29) is 18.6 Å². The zero-order valence-corrected chi connectivity index (χ0v) is 11.3. The van der Waals surface area contributed by atoms with Crippen molar-refractivity contribution in [1.82, 2.24) is 9.88 Å². The van der Waals surface area contributed by atoms with E-state index < -0.39 is 0 Å². The maximum absolute atomic E-state index is 12.5. The van der Waals surface area contributed by atoms with Crippen molar-refractivity contribution in [3.05, 3.63) is 23.4 Å². The molecule has 1 aliphatic heterocycles. The van der Waals surface area contributed by atoms with Crippen LogP contribution in [0.15, 0.2) is 12.1 Å². The fourth-order valence-electron chi connectivity index (χ4n) is 2.58. The van der Waals surface area contributed by atoms with Crippen LogP contribution < -0.4 is 5.73 Å². The first-order chi connectivity index (χ1) is 9.15. The van der Waals surface area contributed by atoms with Gasteiger partial charge < -0.3 is 15.7 Å². The Morgan fingerprint density at radius 2 is 2.37 bits per heavy atom. The minimum Gasteiger partial charge on any atom is -0.394 e. The van der Waals surface area contributed by atoms with Crippen molar-refractivity contribution in [2.24, 2.45) is 0 Å². The van der Waals surface area contributed by atoms with Gasteiger partial charge in [0.1, 0.15) is 5.82 Å². The summed E-state index contributed by atoms with van der Waals surface area (Å²) >= 11 is 0. The van der Waals surface area contributed by atoms with Gasteiger partial charge >= 0.3 is 0 Å². The summed E-state index contributed by atoms with van der Waals surface area (Å²) in [4.78, 5) is 18.4. The number of aryl methyl sites for hydroxylation is 1. The van der Waals surface area contributed by atoms with E-state index in [0.29, 0.717) is 17.9 Å². The molecule has 0 saturated carbocycles. The van der Waals surface area contributed by atoms with E-state index in [9.17, 15) is 9.90 Å². The third-order valence-corrected chi connectivity index (χ3v) is 3.50. The zero-order valence-electron chi connectivity index (χ0n) is 11.3. The van der Waals surface area contributed by atoms with Crippen LogP contribution in [0.25, 0.3) is 0 Å². The Balaban J connectivity index is 2.23. The van der Waals surface area contributed by atoms with Crippen molar-refractivity contribution >= 4 is 11.7 Å². The number of amides is 1. The van der Waals surface area contributed by atoms with E-state index in [0.717, 1.165) is 31.4 Å². The molecule has 104 valence electrons. The number of aliphatic hydroxyl groups excluding tert-OH is 1. The van der Waals surface area contributed by atoms with E-state index in [4.69, 9.17) is 5.73 Å². The maximum Gasteiger partial charge on any atom is 0.254 e. The van der Waals surface area contributed by atoms with Crippen LogP contribution in [-0.2, 0) is 6.42 Å². The van der Waals surface area contributed by atoms with Crippen molar-refractivity contribution in [2.45, 2.75) is 38.6 Å². The van der Waals surface area contributed by atoms with Gasteiger partial charge in [-0.1, -0.05) is 13.3 Å². The molecule has 1 fully saturated rings. The Morgan fingerprint density at radius 1 is 1.58 bits per heavy atom. The highest BCUT2D eigenvalue weighted by molar-refractivity contribution is 5.95. The number of rotatable bonds is 4. The van der Waals surface area contributed by atoms with Crippen LogP contribution in [0.5, 0.6) is 0 Å². The molecule has 1 atom stereocenters. The second-order valence-electron chi connectivity index (χ2n) is 5.00. The predicted molar refractivity (Wildman–Crippen MR) is 73.8 cm³/mol. The van der Waals surface area contributed by atoms with Gasteiger partial charge in [0.2, 0.25) is 0 Å². The summed E-state index contributed by atoms with van der Waals surface area (Å²) in [5, 5.41) is 9.29. The standard InChI is InChI=1S/C14H21N3O2/c1-2-4-11-7-10(8-13(15)16-11)14(19)17-6-3-5-12(17)9-18/h7-8,12,18H,2-6,9H2,1H3,(H2,15,16). The summed E-state index contributed by atoms with van der Waals surface area (Å²) in [6.45, 7) is 2.79. The number of aliphatic hydroxyl groups is 1. The number of likely N-dealkylation sites (tertiary alicyclic amines) is 1. The summed E-state index contributed by atoms with van der Waals surface area (Å²) in [6.07, 6.45) is 3.59. The molecule has 5 nitrogen and oxygen atoms in total. The third kappa shape index (κ3) is 3.04. The van der Waals surface area contributed by atoms with E-state index in [2.05, 4.69) is 11.9 Å². The molecule has 0 radical (unpaired) electrons. The molecule has 2 rings (SSSR count). The average Bonchev–Trinajstić information content (AvgIpc) is 2.85. The van der Waals surface area contributed by atoms with Gasteiger partial charge in [-0.15, -0.1) is 0 Å². The number of carbonyl (C=O) groups excluding carboxylic acids is 1. The number of nitrogens with zero attached hydrogens (tertiary/aromatic N) is 2. The van der Waals surface area contributed by atoms with Crippen LogP contribution in [0.4, 0.5) is 5.82 Å². The smallest absolute Gasteiger partial charge is 0.254 e. The Kier molecular flexibility index (Phi) is 4.37. The number of nitrogens with two attached hydrogens (primary N) is 1. The quantitative estimate of drug-likeness (QED) is 0.856. The van der Waals surface area contributed by atoms with Crippen LogP contribution >= 0.6 is 0 Å². The molecule has 2 heterocycles. The molecule has 1 aromatic heterocycles. The normalized spacial score (nSPS) is 18.8. The van der Waals surface area contributed by atoms with E-state index in [1.807, 2.05) is 6.07 Å². The second-order valence-corrected chi connectivity index (χ2v) is 5.00. The van der Waals surface area contributed by atoms with Gasteiger partial charge in [0, 0.05) is 17.8 Å². The highest BCUT2D eigenvalue weighted by Gasteiger charge is 2.29.